The van der Waals surface area contributed by atoms with Crippen LogP contribution in [0.25, 0.3) is 0 Å². The maximum atomic E-state index is 5.57. The van der Waals surface area contributed by atoms with Gasteiger partial charge in [-0.05, 0) is 6.42 Å². The van der Waals surface area contributed by atoms with Gasteiger partial charge in [0.05, 0.1) is 5.37 Å². The lowest BCUT2D eigenvalue weighted by Crippen LogP contribution is -2.13. The van der Waals surface area contributed by atoms with Gasteiger partial charge >= 0.3 is 0 Å². The number of nitrogens with two attached hydrogens (primary N) is 1. The van der Waals surface area contributed by atoms with Crippen molar-refractivity contribution in [2.24, 2.45) is 5.73 Å². The molecule has 8 heavy (non-hydrogen) atoms. The van der Waals surface area contributed by atoms with E-state index in [0.29, 0.717) is 5.37 Å². The molecule has 0 aromatic rings. The van der Waals surface area contributed by atoms with Crippen molar-refractivity contribution in [1.82, 2.24) is 0 Å². The van der Waals surface area contributed by atoms with Crippen LogP contribution in [0.3, 0.4) is 0 Å². The van der Waals surface area contributed by atoms with E-state index < -0.39 is 0 Å². The molecule has 0 aromatic carbocycles. The van der Waals surface area contributed by atoms with Gasteiger partial charge in [0.1, 0.15) is 0 Å². The van der Waals surface area contributed by atoms with Crippen molar-refractivity contribution >= 4 is 11.8 Å². The number of thioether (sulfide) groups is 1. The summed E-state index contributed by atoms with van der Waals surface area (Å²) >= 11 is 1.74. The minimum absolute atomic E-state index is 0.299. The van der Waals surface area contributed by atoms with E-state index in [4.69, 9.17) is 5.73 Å². The Labute approximate surface area is 55.3 Å². The van der Waals surface area contributed by atoms with Crippen molar-refractivity contribution in [3.8, 4) is 0 Å². The van der Waals surface area contributed by atoms with E-state index in [0.717, 1.165) is 12.2 Å². The molecule has 0 rings (SSSR count). The molecule has 0 aromatic heterocycles. The number of rotatable bonds is 4. The summed E-state index contributed by atoms with van der Waals surface area (Å²) in [5, 5.41) is 0.299. The quantitative estimate of drug-likeness (QED) is 0.463. The summed E-state index contributed by atoms with van der Waals surface area (Å²) < 4.78 is 0. The molecule has 1 atom stereocenters. The molecular formula is C6H13NS. The fourth-order valence-corrected chi connectivity index (χ4v) is 0.928. The van der Waals surface area contributed by atoms with Crippen LogP contribution < -0.4 is 5.73 Å². The fourth-order valence-electron chi connectivity index (χ4n) is 0.309. The van der Waals surface area contributed by atoms with E-state index in [1.54, 1.807) is 11.8 Å². The number of hydrogen-bond donors (Lipinski definition) is 1. The number of hydrogen-bond acceptors (Lipinski definition) is 2. The first-order valence-corrected chi connectivity index (χ1v) is 3.84. The lowest BCUT2D eigenvalue weighted by molar-refractivity contribution is 0.870. The predicted octanol–water partition coefficient (Wildman–Crippen LogP) is 1.60. The van der Waals surface area contributed by atoms with E-state index in [1.807, 2.05) is 6.08 Å². The molecule has 0 saturated carbocycles. The van der Waals surface area contributed by atoms with Crippen LogP contribution in [0.4, 0.5) is 0 Å². The average molecular weight is 131 g/mol. The summed E-state index contributed by atoms with van der Waals surface area (Å²) in [6.45, 7) is 5.67. The maximum Gasteiger partial charge on any atom is 0.0507 e. The molecule has 0 amide bonds. The maximum absolute atomic E-state index is 5.57. The Morgan fingerprint density at radius 2 is 2.50 bits per heavy atom. The van der Waals surface area contributed by atoms with Gasteiger partial charge in [-0.15, -0.1) is 18.3 Å². The third-order valence-corrected chi connectivity index (χ3v) is 2.02. The lowest BCUT2D eigenvalue weighted by atomic mass is 10.5. The van der Waals surface area contributed by atoms with Crippen LogP contribution in [0.15, 0.2) is 12.7 Å². The van der Waals surface area contributed by atoms with Crippen LogP contribution in [0.5, 0.6) is 0 Å². The SMILES string of the molecule is C=CCSC(N)CC. The fraction of sp³-hybridized carbons (Fsp3) is 0.667. The van der Waals surface area contributed by atoms with Crippen LogP contribution >= 0.6 is 11.8 Å². The van der Waals surface area contributed by atoms with Gasteiger partial charge in [0, 0.05) is 5.75 Å². The molecule has 1 nitrogen and oxygen atoms in total. The standard InChI is InChI=1S/C6H13NS/c1-3-5-8-6(7)4-2/h3,6H,1,4-5,7H2,2H3. The summed E-state index contributed by atoms with van der Waals surface area (Å²) in [6, 6.07) is 0. The molecule has 0 heterocycles. The largest absolute Gasteiger partial charge is 0.319 e. The highest BCUT2D eigenvalue weighted by atomic mass is 32.2. The zero-order chi connectivity index (χ0) is 6.41. The smallest absolute Gasteiger partial charge is 0.0507 e. The van der Waals surface area contributed by atoms with E-state index >= 15 is 0 Å². The van der Waals surface area contributed by atoms with Gasteiger partial charge in [0.25, 0.3) is 0 Å². The van der Waals surface area contributed by atoms with Gasteiger partial charge in [0.2, 0.25) is 0 Å². The first-order chi connectivity index (χ1) is 3.81. The average Bonchev–Trinajstić information content (AvgIpc) is 1.83. The topological polar surface area (TPSA) is 26.0 Å². The van der Waals surface area contributed by atoms with Crippen LogP contribution in [-0.4, -0.2) is 11.1 Å². The van der Waals surface area contributed by atoms with Gasteiger partial charge in [0.15, 0.2) is 0 Å². The van der Waals surface area contributed by atoms with Gasteiger partial charge in [-0.3, -0.25) is 0 Å². The van der Waals surface area contributed by atoms with Crippen LogP contribution in [-0.2, 0) is 0 Å². The molecule has 0 saturated heterocycles. The normalized spacial score (nSPS) is 13.2. The molecule has 0 aliphatic rings. The minimum atomic E-state index is 0.299. The van der Waals surface area contributed by atoms with Crippen molar-refractivity contribution in [3.05, 3.63) is 12.7 Å². The summed E-state index contributed by atoms with van der Waals surface area (Å²) in [7, 11) is 0. The second-order valence-corrected chi connectivity index (χ2v) is 2.84. The minimum Gasteiger partial charge on any atom is -0.319 e. The van der Waals surface area contributed by atoms with Gasteiger partial charge in [-0.25, -0.2) is 0 Å². The third-order valence-electron chi connectivity index (χ3n) is 0.831. The Bertz CT molecular complexity index is 63.5. The van der Waals surface area contributed by atoms with Crippen molar-refractivity contribution in [2.75, 3.05) is 5.75 Å². The Hall–Kier alpha value is 0.0500. The molecule has 2 heteroatoms. The molecule has 48 valence electrons. The Morgan fingerprint density at radius 1 is 1.88 bits per heavy atom. The van der Waals surface area contributed by atoms with E-state index in [2.05, 4.69) is 13.5 Å². The highest BCUT2D eigenvalue weighted by Gasteiger charge is 1.93. The Morgan fingerprint density at radius 3 is 2.88 bits per heavy atom. The van der Waals surface area contributed by atoms with Crippen molar-refractivity contribution in [1.29, 1.82) is 0 Å². The summed E-state index contributed by atoms with van der Waals surface area (Å²) in [6.07, 6.45) is 2.92. The lowest BCUT2D eigenvalue weighted by Gasteiger charge is -2.03. The van der Waals surface area contributed by atoms with Crippen molar-refractivity contribution < 1.29 is 0 Å². The second-order valence-electron chi connectivity index (χ2n) is 1.57. The molecule has 1 unspecified atom stereocenters. The highest BCUT2D eigenvalue weighted by molar-refractivity contribution is 7.99. The molecule has 0 spiro atoms. The summed E-state index contributed by atoms with van der Waals surface area (Å²) in [4.78, 5) is 0. The third kappa shape index (κ3) is 4.22. The van der Waals surface area contributed by atoms with Gasteiger partial charge in [-0.1, -0.05) is 13.0 Å². The Balaban J connectivity index is 2.97. The predicted molar refractivity (Wildman–Crippen MR) is 40.9 cm³/mol. The summed E-state index contributed by atoms with van der Waals surface area (Å²) in [5.41, 5.74) is 5.57. The molecular weight excluding hydrogens is 118 g/mol. The molecule has 0 radical (unpaired) electrons. The first kappa shape index (κ1) is 8.05. The zero-order valence-electron chi connectivity index (χ0n) is 5.26. The van der Waals surface area contributed by atoms with Gasteiger partial charge in [-0.2, -0.15) is 0 Å². The van der Waals surface area contributed by atoms with Crippen LogP contribution in [0, 0.1) is 0 Å². The molecule has 0 fully saturated rings. The van der Waals surface area contributed by atoms with E-state index in [-0.39, 0.29) is 0 Å². The molecule has 2 N–H and O–H groups in total. The first-order valence-electron chi connectivity index (χ1n) is 2.79. The zero-order valence-corrected chi connectivity index (χ0v) is 6.08. The van der Waals surface area contributed by atoms with Crippen molar-refractivity contribution in [3.63, 3.8) is 0 Å². The van der Waals surface area contributed by atoms with Crippen LogP contribution in [0.1, 0.15) is 13.3 Å². The molecule has 0 aliphatic carbocycles. The second kappa shape index (κ2) is 5.19. The molecule has 0 aliphatic heterocycles. The van der Waals surface area contributed by atoms with Crippen LogP contribution in [0.2, 0.25) is 0 Å². The summed E-state index contributed by atoms with van der Waals surface area (Å²) in [5.74, 6) is 0.967. The highest BCUT2D eigenvalue weighted by Crippen LogP contribution is 2.07. The monoisotopic (exact) mass is 131 g/mol. The molecule has 0 bridgehead atoms. The van der Waals surface area contributed by atoms with E-state index in [9.17, 15) is 0 Å². The Kier molecular flexibility index (Phi) is 5.22. The van der Waals surface area contributed by atoms with Crippen molar-refractivity contribution in [2.45, 2.75) is 18.7 Å². The van der Waals surface area contributed by atoms with E-state index in [1.165, 1.54) is 0 Å². The van der Waals surface area contributed by atoms with Gasteiger partial charge < -0.3 is 5.73 Å².